The first-order valence-corrected chi connectivity index (χ1v) is 15.4. The van der Waals surface area contributed by atoms with Crippen LogP contribution in [0.1, 0.15) is 67.6 Å². The molecule has 4 heterocycles. The number of pyridine rings is 1. The molecule has 0 bridgehead atoms. The SMILES string of the molecule is CC(c1cc(CN2CCOCC2)cc(NC2CCC(O)CC2)n1)C(C)c1ncc(-c2nnc(-c3ccccc3)o2)s1. The maximum Gasteiger partial charge on any atom is 0.259 e. The van der Waals surface area contributed by atoms with Crippen LogP contribution >= 0.6 is 11.3 Å². The van der Waals surface area contributed by atoms with Gasteiger partial charge in [0.15, 0.2) is 0 Å². The largest absolute Gasteiger partial charge is 0.415 e. The third-order valence-corrected chi connectivity index (χ3v) is 9.44. The van der Waals surface area contributed by atoms with Crippen LogP contribution in [-0.4, -0.2) is 68.6 Å². The van der Waals surface area contributed by atoms with Crippen LogP contribution in [0.2, 0.25) is 0 Å². The molecule has 1 saturated carbocycles. The van der Waals surface area contributed by atoms with Gasteiger partial charge in [0.2, 0.25) is 5.89 Å². The number of morpholine rings is 1. The molecule has 4 aromatic rings. The topological polar surface area (TPSA) is 109 Å². The lowest BCUT2D eigenvalue weighted by Crippen LogP contribution is -2.35. The molecule has 3 aromatic heterocycles. The average molecular weight is 575 g/mol. The zero-order valence-electron chi connectivity index (χ0n) is 23.7. The van der Waals surface area contributed by atoms with E-state index in [1.165, 1.54) is 5.56 Å². The number of rotatable bonds is 9. The number of benzene rings is 1. The lowest BCUT2D eigenvalue weighted by Gasteiger charge is -2.29. The highest BCUT2D eigenvalue weighted by molar-refractivity contribution is 7.15. The maximum absolute atomic E-state index is 9.96. The molecule has 0 spiro atoms. The summed E-state index contributed by atoms with van der Waals surface area (Å²) in [5.41, 5.74) is 3.21. The van der Waals surface area contributed by atoms with Gasteiger partial charge in [-0.25, -0.2) is 9.97 Å². The quantitative estimate of drug-likeness (QED) is 0.260. The molecule has 216 valence electrons. The Labute approximate surface area is 245 Å². The summed E-state index contributed by atoms with van der Waals surface area (Å²) in [7, 11) is 0. The zero-order valence-corrected chi connectivity index (χ0v) is 24.5. The van der Waals surface area contributed by atoms with E-state index in [0.29, 0.717) is 17.8 Å². The Morgan fingerprint density at radius 3 is 2.54 bits per heavy atom. The number of ether oxygens (including phenoxy) is 1. The molecule has 2 N–H and O–H groups in total. The number of aromatic nitrogens is 4. The number of hydrogen-bond acceptors (Lipinski definition) is 10. The first kappa shape index (κ1) is 28.0. The average Bonchev–Trinajstić information content (AvgIpc) is 3.69. The maximum atomic E-state index is 9.96. The van der Waals surface area contributed by atoms with Crippen molar-refractivity contribution in [1.29, 1.82) is 0 Å². The fraction of sp³-hybridized carbons (Fsp3) is 0.484. The lowest BCUT2D eigenvalue weighted by atomic mass is 9.91. The molecule has 1 saturated heterocycles. The van der Waals surface area contributed by atoms with Gasteiger partial charge in [-0.3, -0.25) is 4.90 Å². The molecule has 0 radical (unpaired) electrons. The van der Waals surface area contributed by atoms with Crippen molar-refractivity contribution in [3.8, 4) is 22.2 Å². The Morgan fingerprint density at radius 1 is 1.00 bits per heavy atom. The number of aliphatic hydroxyl groups excluding tert-OH is 1. The van der Waals surface area contributed by atoms with Crippen LogP contribution in [-0.2, 0) is 11.3 Å². The summed E-state index contributed by atoms with van der Waals surface area (Å²) in [4.78, 5) is 13.2. The first-order chi connectivity index (χ1) is 20.0. The van der Waals surface area contributed by atoms with E-state index >= 15 is 0 Å². The van der Waals surface area contributed by atoms with E-state index in [-0.39, 0.29) is 17.9 Å². The second-order valence-electron chi connectivity index (χ2n) is 11.2. The van der Waals surface area contributed by atoms with Crippen LogP contribution in [0.25, 0.3) is 22.2 Å². The molecular formula is C31H38N6O3S. The molecular weight excluding hydrogens is 536 g/mol. The summed E-state index contributed by atoms with van der Waals surface area (Å²) in [6.45, 7) is 8.75. The normalized spacial score (nSPS) is 21.4. The van der Waals surface area contributed by atoms with Crippen molar-refractivity contribution in [3.63, 3.8) is 0 Å². The number of nitrogens with one attached hydrogen (secondary N) is 1. The van der Waals surface area contributed by atoms with E-state index in [2.05, 4.69) is 46.4 Å². The van der Waals surface area contributed by atoms with Crippen molar-refractivity contribution in [1.82, 2.24) is 25.1 Å². The summed E-state index contributed by atoms with van der Waals surface area (Å²) >= 11 is 1.59. The molecule has 0 amide bonds. The second-order valence-corrected chi connectivity index (χ2v) is 12.3. The van der Waals surface area contributed by atoms with Crippen molar-refractivity contribution in [3.05, 3.63) is 64.9 Å². The van der Waals surface area contributed by atoms with E-state index in [0.717, 1.165) is 85.5 Å². The summed E-state index contributed by atoms with van der Waals surface area (Å²) in [5.74, 6) is 2.21. The fourth-order valence-corrected chi connectivity index (χ4v) is 6.54. The van der Waals surface area contributed by atoms with Gasteiger partial charge in [-0.2, -0.15) is 0 Å². The minimum absolute atomic E-state index is 0.147. The highest BCUT2D eigenvalue weighted by Gasteiger charge is 2.25. The van der Waals surface area contributed by atoms with E-state index in [9.17, 15) is 5.11 Å². The van der Waals surface area contributed by atoms with Gasteiger partial charge in [-0.05, 0) is 55.5 Å². The number of aliphatic hydroxyl groups is 1. The third kappa shape index (κ3) is 6.83. The molecule has 2 fully saturated rings. The Morgan fingerprint density at radius 2 is 1.76 bits per heavy atom. The Bertz CT molecular complexity index is 1410. The molecule has 9 nitrogen and oxygen atoms in total. The third-order valence-electron chi connectivity index (χ3n) is 8.25. The van der Waals surface area contributed by atoms with Gasteiger partial charge in [-0.1, -0.05) is 32.0 Å². The molecule has 2 aliphatic rings. The van der Waals surface area contributed by atoms with Crippen molar-refractivity contribution >= 4 is 17.2 Å². The van der Waals surface area contributed by atoms with Crippen LogP contribution in [0.15, 0.2) is 53.1 Å². The molecule has 1 aromatic carbocycles. The van der Waals surface area contributed by atoms with Gasteiger partial charge in [-0.15, -0.1) is 21.5 Å². The van der Waals surface area contributed by atoms with Crippen LogP contribution in [0.4, 0.5) is 5.82 Å². The Hall–Kier alpha value is -3.18. The van der Waals surface area contributed by atoms with E-state index in [1.54, 1.807) is 11.3 Å². The van der Waals surface area contributed by atoms with Gasteiger partial charge in [0.05, 0.1) is 30.5 Å². The minimum atomic E-state index is -0.176. The number of anilines is 1. The van der Waals surface area contributed by atoms with Crippen LogP contribution in [0.3, 0.4) is 0 Å². The second kappa shape index (κ2) is 12.8. The predicted molar refractivity (Wildman–Crippen MR) is 160 cm³/mol. The predicted octanol–water partition coefficient (Wildman–Crippen LogP) is 5.71. The monoisotopic (exact) mass is 574 g/mol. The molecule has 2 atom stereocenters. The summed E-state index contributed by atoms with van der Waals surface area (Å²) < 4.78 is 11.5. The minimum Gasteiger partial charge on any atom is -0.415 e. The van der Waals surface area contributed by atoms with Gasteiger partial charge in [0, 0.05) is 48.8 Å². The van der Waals surface area contributed by atoms with Crippen molar-refractivity contribution in [2.75, 3.05) is 31.6 Å². The molecule has 1 aliphatic heterocycles. The van der Waals surface area contributed by atoms with Crippen molar-refractivity contribution < 1.29 is 14.3 Å². The highest BCUT2D eigenvalue weighted by atomic mass is 32.1. The van der Waals surface area contributed by atoms with Crippen LogP contribution < -0.4 is 5.32 Å². The van der Waals surface area contributed by atoms with Gasteiger partial charge < -0.3 is 19.6 Å². The summed E-state index contributed by atoms with van der Waals surface area (Å²) in [5, 5.41) is 23.2. The Kier molecular flexibility index (Phi) is 8.71. The standard InChI is InChI=1S/C31H38N6O3S/c1-20(21(2)31-32-18-27(41-31)30-36-35-29(40-30)23-6-4-3-5-7-23)26-16-22(19-37-12-14-39-15-13-37)17-28(34-26)33-24-8-10-25(38)11-9-24/h3-7,16-18,20-21,24-25,38H,8-15,19H2,1-2H3,(H,33,34). The van der Waals surface area contributed by atoms with Crippen LogP contribution in [0, 0.1) is 0 Å². The molecule has 1 aliphatic carbocycles. The zero-order chi connectivity index (χ0) is 28.2. The van der Waals surface area contributed by atoms with Gasteiger partial charge in [0.1, 0.15) is 10.7 Å². The first-order valence-electron chi connectivity index (χ1n) is 14.6. The smallest absolute Gasteiger partial charge is 0.259 e. The molecule has 10 heteroatoms. The Balaban J connectivity index is 1.21. The highest BCUT2D eigenvalue weighted by Crippen LogP contribution is 2.38. The van der Waals surface area contributed by atoms with E-state index < -0.39 is 0 Å². The molecule has 6 rings (SSSR count). The molecule has 2 unspecified atom stereocenters. The number of nitrogens with zero attached hydrogens (tertiary/aromatic N) is 5. The number of thiazole rings is 1. The number of hydrogen-bond donors (Lipinski definition) is 2. The van der Waals surface area contributed by atoms with E-state index in [1.807, 2.05) is 36.5 Å². The summed E-state index contributed by atoms with van der Waals surface area (Å²) in [6.07, 6.45) is 5.25. The lowest BCUT2D eigenvalue weighted by molar-refractivity contribution is 0.0342. The van der Waals surface area contributed by atoms with E-state index in [4.69, 9.17) is 19.1 Å². The van der Waals surface area contributed by atoms with Gasteiger partial charge in [0.25, 0.3) is 5.89 Å². The molecule has 41 heavy (non-hydrogen) atoms. The van der Waals surface area contributed by atoms with Gasteiger partial charge >= 0.3 is 0 Å². The van der Waals surface area contributed by atoms with Crippen molar-refractivity contribution in [2.24, 2.45) is 0 Å². The summed E-state index contributed by atoms with van der Waals surface area (Å²) in [6, 6.07) is 14.6. The fourth-order valence-electron chi connectivity index (χ4n) is 5.54. The van der Waals surface area contributed by atoms with Crippen LogP contribution in [0.5, 0.6) is 0 Å². The van der Waals surface area contributed by atoms with Crippen molar-refractivity contribution in [2.45, 2.75) is 70.1 Å².